The summed E-state index contributed by atoms with van der Waals surface area (Å²) in [6, 6.07) is 18.6. The zero-order valence-corrected chi connectivity index (χ0v) is 17.2. The largest absolute Gasteiger partial charge is 0.467 e. The highest BCUT2D eigenvalue weighted by Crippen LogP contribution is 2.25. The number of amides is 1. The van der Waals surface area contributed by atoms with E-state index in [9.17, 15) is 9.59 Å². The third kappa shape index (κ3) is 7.22. The lowest BCUT2D eigenvalue weighted by Gasteiger charge is -2.22. The number of esters is 1. The third-order valence-corrected chi connectivity index (χ3v) is 4.98. The average molecular weight is 394 g/mol. The summed E-state index contributed by atoms with van der Waals surface area (Å²) in [7, 11) is 1.36. The van der Waals surface area contributed by atoms with E-state index in [0.29, 0.717) is 6.42 Å². The first kappa shape index (κ1) is 22.4. The topological polar surface area (TPSA) is 55.4 Å². The fourth-order valence-electron chi connectivity index (χ4n) is 3.42. The van der Waals surface area contributed by atoms with Crippen molar-refractivity contribution in [3.05, 3.63) is 84.4 Å². The maximum Gasteiger partial charge on any atom is 0.328 e. The van der Waals surface area contributed by atoms with Crippen LogP contribution in [0.15, 0.2) is 73.3 Å². The minimum absolute atomic E-state index is 0.190. The molecule has 1 atom stereocenters. The van der Waals surface area contributed by atoms with Gasteiger partial charge in [-0.25, -0.2) is 4.79 Å². The molecule has 0 saturated carbocycles. The number of nitrogens with one attached hydrogen (secondary N) is 1. The van der Waals surface area contributed by atoms with Crippen LogP contribution in [0.2, 0.25) is 0 Å². The fraction of sp³-hybridized carbons (Fsp3) is 0.360. The van der Waals surface area contributed by atoms with Crippen LogP contribution < -0.4 is 5.32 Å². The first-order chi connectivity index (χ1) is 14.2. The molecule has 1 N–H and O–H groups in total. The first-order valence-corrected chi connectivity index (χ1v) is 10.3. The molecule has 0 aliphatic heterocycles. The van der Waals surface area contributed by atoms with Crippen molar-refractivity contribution in [3.8, 4) is 0 Å². The summed E-state index contributed by atoms with van der Waals surface area (Å²) < 4.78 is 4.93. The third-order valence-electron chi connectivity index (χ3n) is 4.98. The van der Waals surface area contributed by atoms with Crippen molar-refractivity contribution in [2.45, 2.75) is 50.5 Å². The number of hydrogen-bond donors (Lipinski definition) is 1. The smallest absolute Gasteiger partial charge is 0.328 e. The second kappa shape index (κ2) is 12.6. The number of allylic oxidation sites excluding steroid dienone is 1. The van der Waals surface area contributed by atoms with Crippen LogP contribution in [0.3, 0.4) is 0 Å². The Balaban J connectivity index is 2.09. The molecular weight excluding hydrogens is 362 g/mol. The summed E-state index contributed by atoms with van der Waals surface area (Å²) in [5.41, 5.74) is 1.79. The Labute approximate surface area is 174 Å². The van der Waals surface area contributed by atoms with E-state index in [-0.39, 0.29) is 5.91 Å². The van der Waals surface area contributed by atoms with Gasteiger partial charge < -0.3 is 10.1 Å². The molecule has 1 amide bonds. The van der Waals surface area contributed by atoms with Crippen molar-refractivity contribution in [2.24, 2.45) is 0 Å². The zero-order chi connectivity index (χ0) is 20.9. The highest BCUT2D eigenvalue weighted by molar-refractivity contribution is 5.91. The van der Waals surface area contributed by atoms with E-state index in [2.05, 4.69) is 11.9 Å². The lowest BCUT2D eigenvalue weighted by Crippen LogP contribution is -2.43. The standard InChI is InChI=1S/C25H31NO3/c1-3-4-5-6-7-14-19-22(25(28)29-2)26-24(27)23(20-15-10-8-11-16-20)21-17-12-9-13-18-21/h3,8-13,15-18,22-23H,1,4-7,14,19H2,2H3,(H,26,27)/t22-/m1/s1. The van der Waals surface area contributed by atoms with Crippen molar-refractivity contribution >= 4 is 11.9 Å². The van der Waals surface area contributed by atoms with Crippen LogP contribution in [0.4, 0.5) is 0 Å². The van der Waals surface area contributed by atoms with Gasteiger partial charge in [0.15, 0.2) is 0 Å². The normalized spacial score (nSPS) is 11.7. The number of rotatable bonds is 12. The number of unbranched alkanes of at least 4 members (excludes halogenated alkanes) is 4. The summed E-state index contributed by atoms with van der Waals surface area (Å²) in [6.45, 7) is 3.73. The van der Waals surface area contributed by atoms with Crippen LogP contribution in [0.1, 0.15) is 55.6 Å². The number of carbonyl (C=O) groups excluding carboxylic acids is 2. The second-order valence-corrected chi connectivity index (χ2v) is 7.12. The van der Waals surface area contributed by atoms with Crippen LogP contribution in [-0.4, -0.2) is 25.0 Å². The number of ether oxygens (including phenoxy) is 1. The molecule has 0 fully saturated rings. The van der Waals surface area contributed by atoms with Gasteiger partial charge in [-0.1, -0.05) is 86.0 Å². The molecule has 0 aliphatic carbocycles. The summed E-state index contributed by atoms with van der Waals surface area (Å²) in [5.74, 6) is -1.06. The predicted molar refractivity (Wildman–Crippen MR) is 117 cm³/mol. The van der Waals surface area contributed by atoms with E-state index in [1.54, 1.807) is 0 Å². The molecule has 0 radical (unpaired) electrons. The highest BCUT2D eigenvalue weighted by atomic mass is 16.5. The second-order valence-electron chi connectivity index (χ2n) is 7.12. The van der Waals surface area contributed by atoms with E-state index in [1.165, 1.54) is 7.11 Å². The number of methoxy groups -OCH3 is 1. The molecule has 0 aromatic heterocycles. The molecule has 0 aliphatic rings. The molecule has 29 heavy (non-hydrogen) atoms. The van der Waals surface area contributed by atoms with Gasteiger partial charge in [-0.3, -0.25) is 4.79 Å². The van der Waals surface area contributed by atoms with E-state index in [1.807, 2.05) is 66.7 Å². The summed E-state index contributed by atoms with van der Waals surface area (Å²) in [4.78, 5) is 25.5. The Morgan fingerprint density at radius 3 is 2.00 bits per heavy atom. The van der Waals surface area contributed by atoms with Crippen LogP contribution >= 0.6 is 0 Å². The monoisotopic (exact) mass is 393 g/mol. The Kier molecular flexibility index (Phi) is 9.70. The SMILES string of the molecule is C=CCCCCCC[C@@H](NC(=O)C(c1ccccc1)c1ccccc1)C(=O)OC. The maximum absolute atomic E-state index is 13.2. The molecule has 2 aromatic carbocycles. The first-order valence-electron chi connectivity index (χ1n) is 10.3. The Morgan fingerprint density at radius 1 is 0.931 bits per heavy atom. The summed E-state index contributed by atoms with van der Waals surface area (Å²) >= 11 is 0. The predicted octanol–water partition coefficient (Wildman–Crippen LogP) is 5.00. The summed E-state index contributed by atoms with van der Waals surface area (Å²) in [5, 5.41) is 2.94. The van der Waals surface area contributed by atoms with Gasteiger partial charge in [0, 0.05) is 0 Å². The molecule has 0 spiro atoms. The van der Waals surface area contributed by atoms with Gasteiger partial charge in [-0.05, 0) is 30.4 Å². The van der Waals surface area contributed by atoms with Gasteiger partial charge in [-0.15, -0.1) is 6.58 Å². The minimum atomic E-state index is -0.637. The van der Waals surface area contributed by atoms with Gasteiger partial charge in [-0.2, -0.15) is 0 Å². The molecule has 0 heterocycles. The maximum atomic E-state index is 13.2. The van der Waals surface area contributed by atoms with Gasteiger partial charge in [0.1, 0.15) is 6.04 Å². The molecule has 0 saturated heterocycles. The Bertz CT molecular complexity index is 719. The molecule has 4 heteroatoms. The van der Waals surface area contributed by atoms with Gasteiger partial charge >= 0.3 is 5.97 Å². The molecule has 2 rings (SSSR count). The van der Waals surface area contributed by atoms with Crippen molar-refractivity contribution in [3.63, 3.8) is 0 Å². The van der Waals surface area contributed by atoms with Crippen molar-refractivity contribution in [1.29, 1.82) is 0 Å². The van der Waals surface area contributed by atoms with E-state index in [4.69, 9.17) is 4.74 Å². The lowest BCUT2D eigenvalue weighted by atomic mass is 9.90. The highest BCUT2D eigenvalue weighted by Gasteiger charge is 2.28. The molecular formula is C25H31NO3. The van der Waals surface area contributed by atoms with Crippen LogP contribution in [0.25, 0.3) is 0 Å². The molecule has 154 valence electrons. The molecule has 2 aromatic rings. The van der Waals surface area contributed by atoms with Gasteiger partial charge in [0.25, 0.3) is 0 Å². The van der Waals surface area contributed by atoms with Crippen LogP contribution in [0, 0.1) is 0 Å². The quantitative estimate of drug-likeness (QED) is 0.313. The lowest BCUT2D eigenvalue weighted by molar-refractivity contribution is -0.145. The van der Waals surface area contributed by atoms with Crippen LogP contribution in [0.5, 0.6) is 0 Å². The Hall–Kier alpha value is -2.88. The van der Waals surface area contributed by atoms with E-state index < -0.39 is 17.9 Å². The van der Waals surface area contributed by atoms with Crippen molar-refractivity contribution in [1.82, 2.24) is 5.32 Å². The molecule has 0 unspecified atom stereocenters. The van der Waals surface area contributed by atoms with Crippen molar-refractivity contribution in [2.75, 3.05) is 7.11 Å². The van der Waals surface area contributed by atoms with E-state index in [0.717, 1.165) is 43.2 Å². The van der Waals surface area contributed by atoms with E-state index >= 15 is 0 Å². The number of hydrogen-bond acceptors (Lipinski definition) is 3. The molecule has 0 bridgehead atoms. The Morgan fingerprint density at radius 2 is 1.48 bits per heavy atom. The number of carbonyl (C=O) groups is 2. The van der Waals surface area contributed by atoms with Gasteiger partial charge in [0.2, 0.25) is 5.91 Å². The van der Waals surface area contributed by atoms with Crippen molar-refractivity contribution < 1.29 is 14.3 Å². The number of benzene rings is 2. The molecule has 4 nitrogen and oxygen atoms in total. The summed E-state index contributed by atoms with van der Waals surface area (Å²) in [6.07, 6.45) is 7.56. The average Bonchev–Trinajstić information content (AvgIpc) is 2.76. The zero-order valence-electron chi connectivity index (χ0n) is 17.2. The minimum Gasteiger partial charge on any atom is -0.467 e. The van der Waals surface area contributed by atoms with Crippen LogP contribution in [-0.2, 0) is 14.3 Å². The fourth-order valence-corrected chi connectivity index (χ4v) is 3.42. The van der Waals surface area contributed by atoms with Gasteiger partial charge in [0.05, 0.1) is 13.0 Å².